The maximum atomic E-state index is 12.2. The summed E-state index contributed by atoms with van der Waals surface area (Å²) < 4.78 is 0. The van der Waals surface area contributed by atoms with Crippen LogP contribution in [0.3, 0.4) is 0 Å². The second kappa shape index (κ2) is 8.85. The number of thioether (sulfide) groups is 1. The molecule has 1 amide bonds. The Morgan fingerprint density at radius 2 is 2.00 bits per heavy atom. The Bertz CT molecular complexity index is 642. The Labute approximate surface area is 147 Å². The Balaban J connectivity index is 1.86. The molecule has 1 aromatic heterocycles. The van der Waals surface area contributed by atoms with Gasteiger partial charge in [0, 0.05) is 41.8 Å². The minimum absolute atomic E-state index is 0.0789. The van der Waals surface area contributed by atoms with Gasteiger partial charge in [-0.1, -0.05) is 19.9 Å². The van der Waals surface area contributed by atoms with Gasteiger partial charge in [0.2, 0.25) is 0 Å². The predicted octanol–water partition coefficient (Wildman–Crippen LogP) is 3.51. The van der Waals surface area contributed by atoms with Crippen LogP contribution in [0.1, 0.15) is 36.2 Å². The summed E-state index contributed by atoms with van der Waals surface area (Å²) in [5.74, 6) is 0.777. The molecule has 1 aromatic carbocycles. The number of aliphatic hydroxyl groups is 1. The van der Waals surface area contributed by atoms with Crippen LogP contribution in [0.15, 0.2) is 53.7 Å². The number of rotatable bonds is 8. The Morgan fingerprint density at radius 1 is 1.25 bits per heavy atom. The van der Waals surface area contributed by atoms with Crippen LogP contribution >= 0.6 is 11.8 Å². The zero-order valence-corrected chi connectivity index (χ0v) is 15.0. The zero-order valence-electron chi connectivity index (χ0n) is 14.2. The lowest BCUT2D eigenvalue weighted by molar-refractivity contribution is 0.0928. The summed E-state index contributed by atoms with van der Waals surface area (Å²) in [6, 6.07) is 11.6. The van der Waals surface area contributed by atoms with E-state index in [0.717, 1.165) is 10.6 Å². The summed E-state index contributed by atoms with van der Waals surface area (Å²) in [4.78, 5) is 17.4. The van der Waals surface area contributed by atoms with Crippen molar-refractivity contribution < 1.29 is 9.90 Å². The van der Waals surface area contributed by atoms with E-state index in [0.29, 0.717) is 18.5 Å². The van der Waals surface area contributed by atoms with Gasteiger partial charge < -0.3 is 10.4 Å². The van der Waals surface area contributed by atoms with Gasteiger partial charge in [-0.15, -0.1) is 11.8 Å². The van der Waals surface area contributed by atoms with E-state index in [2.05, 4.69) is 16.4 Å². The van der Waals surface area contributed by atoms with Crippen molar-refractivity contribution in [2.75, 3.05) is 13.2 Å². The van der Waals surface area contributed by atoms with Gasteiger partial charge in [-0.2, -0.15) is 0 Å². The number of amides is 1. The van der Waals surface area contributed by atoms with Gasteiger partial charge in [0.15, 0.2) is 0 Å². The smallest absolute Gasteiger partial charge is 0.251 e. The van der Waals surface area contributed by atoms with Crippen LogP contribution in [0.2, 0.25) is 0 Å². The summed E-state index contributed by atoms with van der Waals surface area (Å²) >= 11 is 1.72. The molecule has 4 nitrogen and oxygen atoms in total. The number of aliphatic hydroxyl groups excluding tert-OH is 1. The van der Waals surface area contributed by atoms with Crippen molar-refractivity contribution in [1.82, 2.24) is 10.3 Å². The van der Waals surface area contributed by atoms with E-state index >= 15 is 0 Å². The lowest BCUT2D eigenvalue weighted by Crippen LogP contribution is -2.34. The van der Waals surface area contributed by atoms with E-state index < -0.39 is 0 Å². The maximum absolute atomic E-state index is 12.2. The summed E-state index contributed by atoms with van der Waals surface area (Å²) in [7, 11) is 0. The summed E-state index contributed by atoms with van der Waals surface area (Å²) in [6.07, 6.45) is 4.30. The maximum Gasteiger partial charge on any atom is 0.251 e. The molecule has 24 heavy (non-hydrogen) atoms. The first-order valence-corrected chi connectivity index (χ1v) is 8.99. The van der Waals surface area contributed by atoms with Crippen LogP contribution in [0.25, 0.3) is 0 Å². The fraction of sp³-hybridized carbons (Fsp3) is 0.368. The summed E-state index contributed by atoms with van der Waals surface area (Å²) in [6.45, 7) is 4.74. The molecule has 128 valence electrons. The lowest BCUT2D eigenvalue weighted by atomic mass is 9.89. The van der Waals surface area contributed by atoms with Gasteiger partial charge in [-0.3, -0.25) is 9.78 Å². The Kier molecular flexibility index (Phi) is 6.82. The van der Waals surface area contributed by atoms with Crippen LogP contribution in [-0.4, -0.2) is 29.1 Å². The second-order valence-corrected chi connectivity index (χ2v) is 7.54. The summed E-state index contributed by atoms with van der Waals surface area (Å²) in [5, 5.41) is 12.0. The molecule has 0 aliphatic rings. The molecular weight excluding hydrogens is 320 g/mol. The third kappa shape index (κ3) is 5.98. The number of carbonyl (C=O) groups excluding carboxylic acids is 1. The number of carbonyl (C=O) groups is 1. The Hall–Kier alpha value is -1.85. The molecule has 2 aromatic rings. The highest BCUT2D eigenvalue weighted by Gasteiger charge is 2.18. The van der Waals surface area contributed by atoms with Crippen molar-refractivity contribution in [2.24, 2.45) is 5.41 Å². The first-order valence-electron chi connectivity index (χ1n) is 8.01. The molecular formula is C19H24N2O2S. The number of nitrogens with zero attached hydrogens (tertiary/aromatic N) is 1. The molecule has 1 heterocycles. The average Bonchev–Trinajstić information content (AvgIpc) is 2.59. The third-order valence-electron chi connectivity index (χ3n) is 3.76. The molecule has 0 bridgehead atoms. The summed E-state index contributed by atoms with van der Waals surface area (Å²) in [5.41, 5.74) is 1.72. The molecule has 0 unspecified atom stereocenters. The molecule has 0 aliphatic heterocycles. The van der Waals surface area contributed by atoms with Crippen molar-refractivity contribution in [3.8, 4) is 0 Å². The standard InChI is InChI=1S/C19H24N2O2S/c1-19(2,9-11-22)14-21-18(23)16-5-7-17(8-6-16)24-13-15-4-3-10-20-12-15/h3-8,10,12,22H,9,11,13-14H2,1-2H3,(H,21,23). The van der Waals surface area contributed by atoms with Crippen molar-refractivity contribution in [3.05, 3.63) is 59.9 Å². The van der Waals surface area contributed by atoms with E-state index in [-0.39, 0.29) is 17.9 Å². The molecule has 0 aliphatic carbocycles. The molecule has 0 saturated carbocycles. The van der Waals surface area contributed by atoms with Crippen LogP contribution < -0.4 is 5.32 Å². The van der Waals surface area contributed by atoms with E-state index in [9.17, 15) is 4.79 Å². The average molecular weight is 344 g/mol. The van der Waals surface area contributed by atoms with Crippen molar-refractivity contribution in [3.63, 3.8) is 0 Å². The normalized spacial score (nSPS) is 11.3. The Morgan fingerprint density at radius 3 is 2.62 bits per heavy atom. The fourth-order valence-electron chi connectivity index (χ4n) is 2.17. The molecule has 0 radical (unpaired) electrons. The minimum atomic E-state index is -0.107. The van der Waals surface area contributed by atoms with Gasteiger partial charge in [-0.25, -0.2) is 0 Å². The highest BCUT2D eigenvalue weighted by Crippen LogP contribution is 2.23. The van der Waals surface area contributed by atoms with Gasteiger partial charge >= 0.3 is 0 Å². The van der Waals surface area contributed by atoms with E-state index in [1.807, 2.05) is 50.4 Å². The number of pyridine rings is 1. The van der Waals surface area contributed by atoms with Gasteiger partial charge in [-0.05, 0) is 47.7 Å². The van der Waals surface area contributed by atoms with E-state index in [1.54, 1.807) is 18.0 Å². The topological polar surface area (TPSA) is 62.2 Å². The highest BCUT2D eigenvalue weighted by molar-refractivity contribution is 7.98. The molecule has 2 rings (SSSR count). The van der Waals surface area contributed by atoms with Crippen molar-refractivity contribution in [1.29, 1.82) is 0 Å². The quantitative estimate of drug-likeness (QED) is 0.719. The number of hydrogen-bond donors (Lipinski definition) is 2. The van der Waals surface area contributed by atoms with E-state index in [1.165, 1.54) is 5.56 Å². The van der Waals surface area contributed by atoms with Gasteiger partial charge in [0.1, 0.15) is 0 Å². The first kappa shape index (κ1) is 18.5. The first-order chi connectivity index (χ1) is 11.5. The monoisotopic (exact) mass is 344 g/mol. The molecule has 0 spiro atoms. The predicted molar refractivity (Wildman–Crippen MR) is 98.1 cm³/mol. The largest absolute Gasteiger partial charge is 0.396 e. The van der Waals surface area contributed by atoms with Crippen LogP contribution in [-0.2, 0) is 5.75 Å². The van der Waals surface area contributed by atoms with Crippen LogP contribution in [0.4, 0.5) is 0 Å². The number of nitrogens with one attached hydrogen (secondary N) is 1. The number of aromatic nitrogens is 1. The van der Waals surface area contributed by atoms with Crippen molar-refractivity contribution in [2.45, 2.75) is 30.9 Å². The SMILES string of the molecule is CC(C)(CCO)CNC(=O)c1ccc(SCc2cccnc2)cc1. The second-order valence-electron chi connectivity index (χ2n) is 6.49. The lowest BCUT2D eigenvalue weighted by Gasteiger charge is -2.23. The van der Waals surface area contributed by atoms with Crippen molar-refractivity contribution >= 4 is 17.7 Å². The van der Waals surface area contributed by atoms with E-state index in [4.69, 9.17) is 5.11 Å². The minimum Gasteiger partial charge on any atom is -0.396 e. The molecule has 0 saturated heterocycles. The zero-order chi connectivity index (χ0) is 17.4. The van der Waals surface area contributed by atoms with Gasteiger partial charge in [0.05, 0.1) is 0 Å². The van der Waals surface area contributed by atoms with Crippen LogP contribution in [0, 0.1) is 5.41 Å². The molecule has 2 N–H and O–H groups in total. The molecule has 0 fully saturated rings. The molecule has 0 atom stereocenters. The third-order valence-corrected chi connectivity index (χ3v) is 4.84. The van der Waals surface area contributed by atoms with Crippen LogP contribution in [0.5, 0.6) is 0 Å². The molecule has 5 heteroatoms. The van der Waals surface area contributed by atoms with Gasteiger partial charge in [0.25, 0.3) is 5.91 Å². The number of benzene rings is 1. The highest BCUT2D eigenvalue weighted by atomic mass is 32.2. The fourth-order valence-corrected chi connectivity index (χ4v) is 3.00. The number of hydrogen-bond acceptors (Lipinski definition) is 4.